The Balaban J connectivity index is 2.09. The molecule has 1 amide bonds. The van der Waals surface area contributed by atoms with Crippen molar-refractivity contribution in [2.75, 3.05) is 12.8 Å². The van der Waals surface area contributed by atoms with Gasteiger partial charge in [-0.15, -0.1) is 23.1 Å². The van der Waals surface area contributed by atoms with Crippen molar-refractivity contribution in [2.24, 2.45) is 0 Å². The van der Waals surface area contributed by atoms with E-state index in [0.717, 1.165) is 26.8 Å². The summed E-state index contributed by atoms with van der Waals surface area (Å²) < 4.78 is 1.11. The summed E-state index contributed by atoms with van der Waals surface area (Å²) in [5.41, 5.74) is 1.33. The molecule has 2 aromatic heterocycles. The Morgan fingerprint density at radius 2 is 2.13 bits per heavy atom. The molecule has 4 nitrogen and oxygen atoms in total. The number of hydrogen-bond acceptors (Lipinski definition) is 5. The fourth-order valence-electron chi connectivity index (χ4n) is 2.11. The summed E-state index contributed by atoms with van der Waals surface area (Å²) in [7, 11) is 0. The van der Waals surface area contributed by atoms with Crippen LogP contribution in [0.3, 0.4) is 0 Å². The minimum atomic E-state index is -0.0993. The Bertz CT molecular complexity index is 701. The van der Waals surface area contributed by atoms with Gasteiger partial charge in [0.05, 0.1) is 15.0 Å². The van der Waals surface area contributed by atoms with Crippen LogP contribution in [0.5, 0.6) is 0 Å². The number of aryl methyl sites for hydroxylation is 1. The first-order valence-electron chi connectivity index (χ1n) is 7.37. The van der Waals surface area contributed by atoms with Crippen molar-refractivity contribution in [1.82, 2.24) is 15.3 Å². The summed E-state index contributed by atoms with van der Waals surface area (Å²) in [5, 5.41) is 3.73. The minimum absolute atomic E-state index is 0.0993. The summed E-state index contributed by atoms with van der Waals surface area (Å²) >= 11 is 6.62. The van der Waals surface area contributed by atoms with E-state index in [2.05, 4.69) is 51.1 Å². The molecule has 2 rings (SSSR count). The lowest BCUT2D eigenvalue weighted by atomic mass is 10.1. The van der Waals surface area contributed by atoms with Crippen molar-refractivity contribution in [3.05, 3.63) is 37.9 Å². The van der Waals surface area contributed by atoms with E-state index in [1.54, 1.807) is 11.3 Å². The molecule has 0 aliphatic carbocycles. The Kier molecular flexibility index (Phi) is 6.61. The summed E-state index contributed by atoms with van der Waals surface area (Å²) in [4.78, 5) is 22.8. The zero-order valence-corrected chi connectivity index (χ0v) is 16.9. The number of amides is 1. The molecule has 0 saturated carbocycles. The van der Waals surface area contributed by atoms with E-state index >= 15 is 0 Å². The van der Waals surface area contributed by atoms with Crippen LogP contribution in [-0.4, -0.2) is 28.7 Å². The van der Waals surface area contributed by atoms with E-state index in [0.29, 0.717) is 12.1 Å². The van der Waals surface area contributed by atoms with E-state index in [1.807, 2.05) is 19.2 Å². The predicted octanol–water partition coefficient (Wildman–Crippen LogP) is 4.43. The quantitative estimate of drug-likeness (QED) is 0.561. The van der Waals surface area contributed by atoms with Crippen molar-refractivity contribution in [2.45, 2.75) is 38.1 Å². The lowest BCUT2D eigenvalue weighted by molar-refractivity contribution is 0.0949. The fourth-order valence-corrected chi connectivity index (χ4v) is 4.22. The van der Waals surface area contributed by atoms with Gasteiger partial charge in [-0.25, -0.2) is 9.97 Å². The molecule has 2 heterocycles. The number of aromatic nitrogens is 2. The lowest BCUT2D eigenvalue weighted by Gasteiger charge is -2.13. The van der Waals surface area contributed by atoms with Crippen LogP contribution in [0.2, 0.25) is 0 Å². The van der Waals surface area contributed by atoms with E-state index < -0.39 is 0 Å². The molecule has 0 aromatic carbocycles. The second-order valence-corrected chi connectivity index (χ2v) is 8.76. The first kappa shape index (κ1) is 18.4. The van der Waals surface area contributed by atoms with Gasteiger partial charge in [0, 0.05) is 17.3 Å². The summed E-state index contributed by atoms with van der Waals surface area (Å²) in [6, 6.07) is 4.09. The van der Waals surface area contributed by atoms with Gasteiger partial charge < -0.3 is 5.32 Å². The Hall–Kier alpha value is -0.920. The Morgan fingerprint density at radius 1 is 1.39 bits per heavy atom. The van der Waals surface area contributed by atoms with Crippen LogP contribution in [0, 0.1) is 6.92 Å². The average molecular weight is 414 g/mol. The largest absolute Gasteiger partial charge is 0.352 e. The van der Waals surface area contributed by atoms with Crippen molar-refractivity contribution < 1.29 is 4.79 Å². The molecule has 0 aliphatic rings. The highest BCUT2D eigenvalue weighted by Crippen LogP contribution is 2.24. The molecule has 7 heteroatoms. The van der Waals surface area contributed by atoms with Crippen molar-refractivity contribution in [1.29, 1.82) is 0 Å². The lowest BCUT2D eigenvalue weighted by Crippen LogP contribution is -2.27. The molecule has 1 N–H and O–H groups in total. The molecule has 0 unspecified atom stereocenters. The van der Waals surface area contributed by atoms with Crippen molar-refractivity contribution in [3.8, 4) is 0 Å². The van der Waals surface area contributed by atoms with Gasteiger partial charge in [-0.2, -0.15) is 0 Å². The average Bonchev–Trinajstić information content (AvgIpc) is 2.91. The van der Waals surface area contributed by atoms with Crippen LogP contribution >= 0.6 is 39.0 Å². The van der Waals surface area contributed by atoms with Crippen LogP contribution in [0.15, 0.2) is 20.9 Å². The van der Waals surface area contributed by atoms with Crippen LogP contribution in [-0.2, 0) is 6.42 Å². The third kappa shape index (κ3) is 4.78. The van der Waals surface area contributed by atoms with Gasteiger partial charge in [0.1, 0.15) is 10.9 Å². The Labute approximate surface area is 153 Å². The van der Waals surface area contributed by atoms with Gasteiger partial charge in [0.15, 0.2) is 0 Å². The maximum atomic E-state index is 12.5. The molecule has 0 fully saturated rings. The molecule has 0 atom stereocenters. The molecule has 0 bridgehead atoms. The number of thiophene rings is 1. The first-order chi connectivity index (χ1) is 10.9. The molecule has 2 aromatic rings. The zero-order chi connectivity index (χ0) is 17.0. The maximum absolute atomic E-state index is 12.5. The number of carbonyl (C=O) groups excluding carboxylic acids is 1. The van der Waals surface area contributed by atoms with Gasteiger partial charge in [-0.05, 0) is 47.7 Å². The molecular formula is C16H20BrN3OS2. The highest BCUT2D eigenvalue weighted by atomic mass is 79.9. The zero-order valence-electron chi connectivity index (χ0n) is 13.6. The van der Waals surface area contributed by atoms with Crippen LogP contribution in [0.1, 0.15) is 46.5 Å². The highest BCUT2D eigenvalue weighted by molar-refractivity contribution is 9.11. The minimum Gasteiger partial charge on any atom is -0.352 e. The maximum Gasteiger partial charge on any atom is 0.255 e. The Morgan fingerprint density at radius 3 is 2.70 bits per heavy atom. The smallest absolute Gasteiger partial charge is 0.255 e. The molecule has 0 saturated heterocycles. The van der Waals surface area contributed by atoms with Crippen molar-refractivity contribution in [3.63, 3.8) is 0 Å². The third-order valence-corrected chi connectivity index (χ3v) is 5.66. The summed E-state index contributed by atoms with van der Waals surface area (Å²) in [6.07, 6.45) is 2.76. The van der Waals surface area contributed by atoms with E-state index in [9.17, 15) is 4.79 Å². The van der Waals surface area contributed by atoms with Crippen LogP contribution in [0.4, 0.5) is 0 Å². The molecule has 23 heavy (non-hydrogen) atoms. The number of halogens is 1. The van der Waals surface area contributed by atoms with Crippen LogP contribution in [0.25, 0.3) is 0 Å². The highest BCUT2D eigenvalue weighted by Gasteiger charge is 2.19. The summed E-state index contributed by atoms with van der Waals surface area (Å²) in [5.74, 6) is 0.929. The number of thioether (sulfide) groups is 1. The van der Waals surface area contributed by atoms with Gasteiger partial charge in [-0.1, -0.05) is 13.8 Å². The normalized spacial score (nSPS) is 11.0. The fraction of sp³-hybridized carbons (Fsp3) is 0.438. The second-order valence-electron chi connectivity index (χ2n) is 5.42. The SMILES string of the molecule is CSc1nc(C(C)C)nc(C)c1C(=O)NCCc1ccc(Br)s1. The van der Waals surface area contributed by atoms with E-state index in [4.69, 9.17) is 0 Å². The molecule has 0 radical (unpaired) electrons. The van der Waals surface area contributed by atoms with Gasteiger partial charge >= 0.3 is 0 Å². The number of nitrogens with zero attached hydrogens (tertiary/aromatic N) is 2. The van der Waals surface area contributed by atoms with Gasteiger partial charge in [-0.3, -0.25) is 4.79 Å². The number of hydrogen-bond donors (Lipinski definition) is 1. The second kappa shape index (κ2) is 8.26. The van der Waals surface area contributed by atoms with Crippen LogP contribution < -0.4 is 5.32 Å². The summed E-state index contributed by atoms with van der Waals surface area (Å²) in [6.45, 7) is 6.58. The first-order valence-corrected chi connectivity index (χ1v) is 10.2. The predicted molar refractivity (Wildman–Crippen MR) is 101 cm³/mol. The monoisotopic (exact) mass is 413 g/mol. The van der Waals surface area contributed by atoms with Gasteiger partial charge in [0.2, 0.25) is 0 Å². The number of carbonyl (C=O) groups is 1. The van der Waals surface area contributed by atoms with E-state index in [-0.39, 0.29) is 11.8 Å². The number of nitrogens with one attached hydrogen (secondary N) is 1. The van der Waals surface area contributed by atoms with Crippen molar-refractivity contribution >= 4 is 44.9 Å². The molecular weight excluding hydrogens is 394 g/mol. The van der Waals surface area contributed by atoms with E-state index in [1.165, 1.54) is 16.6 Å². The van der Waals surface area contributed by atoms with Gasteiger partial charge in [0.25, 0.3) is 5.91 Å². The topological polar surface area (TPSA) is 54.9 Å². The molecule has 124 valence electrons. The molecule has 0 aliphatic heterocycles. The molecule has 0 spiro atoms. The third-order valence-electron chi connectivity index (χ3n) is 3.30. The standard InChI is InChI=1S/C16H20BrN3OS2/c1-9(2)14-19-10(3)13(16(20-14)22-4)15(21)18-8-7-11-5-6-12(17)23-11/h5-6,9H,7-8H2,1-4H3,(H,18,21). The number of rotatable bonds is 6.